The molecule has 0 aliphatic rings. The van der Waals surface area contributed by atoms with E-state index in [2.05, 4.69) is 42.7 Å². The zero-order valence-electron chi connectivity index (χ0n) is 13.0. The van der Waals surface area contributed by atoms with E-state index in [1.807, 2.05) is 30.3 Å². The number of nitriles is 1. The molecule has 1 heterocycles. The summed E-state index contributed by atoms with van der Waals surface area (Å²) in [5.74, 6) is 1.67. The largest absolute Gasteiger partial charge is 0.323 e. The lowest BCUT2D eigenvalue weighted by Gasteiger charge is -2.11. The van der Waals surface area contributed by atoms with Crippen LogP contribution in [-0.4, -0.2) is 9.55 Å². The maximum atomic E-state index is 9.06. The lowest BCUT2D eigenvalue weighted by Crippen LogP contribution is -2.08. The molecular formula is C19H19N3. The zero-order valence-corrected chi connectivity index (χ0v) is 13.0. The first-order valence-corrected chi connectivity index (χ1v) is 7.60. The van der Waals surface area contributed by atoms with Crippen molar-refractivity contribution in [1.82, 2.24) is 9.55 Å². The van der Waals surface area contributed by atoms with Crippen LogP contribution in [0.15, 0.2) is 48.5 Å². The number of benzene rings is 2. The summed E-state index contributed by atoms with van der Waals surface area (Å²) in [6.07, 6.45) is 0.951. The second kappa shape index (κ2) is 6.03. The molecule has 0 radical (unpaired) electrons. The summed E-state index contributed by atoms with van der Waals surface area (Å²) in [7, 11) is 0. The molecule has 0 amide bonds. The molecular weight excluding hydrogens is 270 g/mol. The minimum Gasteiger partial charge on any atom is -0.323 e. The first kappa shape index (κ1) is 14.3. The lowest BCUT2D eigenvalue weighted by atomic mass is 10.1. The van der Waals surface area contributed by atoms with Gasteiger partial charge in [-0.2, -0.15) is 5.26 Å². The van der Waals surface area contributed by atoms with E-state index in [9.17, 15) is 0 Å². The second-order valence-corrected chi connectivity index (χ2v) is 6.01. The Morgan fingerprint density at radius 1 is 1.14 bits per heavy atom. The number of nitrogens with zero attached hydrogens (tertiary/aromatic N) is 3. The summed E-state index contributed by atoms with van der Waals surface area (Å²) in [5, 5.41) is 9.06. The van der Waals surface area contributed by atoms with Crippen LogP contribution in [-0.2, 0) is 13.0 Å². The van der Waals surface area contributed by atoms with Gasteiger partial charge in [0, 0.05) is 13.0 Å². The molecule has 2 aromatic carbocycles. The Kier molecular flexibility index (Phi) is 3.93. The van der Waals surface area contributed by atoms with Crippen LogP contribution < -0.4 is 0 Å². The van der Waals surface area contributed by atoms with Crippen LogP contribution in [0.4, 0.5) is 0 Å². The number of para-hydroxylation sites is 2. The summed E-state index contributed by atoms with van der Waals surface area (Å²) >= 11 is 0. The maximum Gasteiger partial charge on any atom is 0.110 e. The molecule has 3 nitrogen and oxygen atoms in total. The predicted octanol–water partition coefficient (Wildman–Crippen LogP) is 4.15. The Morgan fingerprint density at radius 2 is 1.95 bits per heavy atom. The predicted molar refractivity (Wildman–Crippen MR) is 88.5 cm³/mol. The number of imidazole rings is 1. The topological polar surface area (TPSA) is 41.6 Å². The lowest BCUT2D eigenvalue weighted by molar-refractivity contribution is 0.595. The summed E-state index contributed by atoms with van der Waals surface area (Å²) in [4.78, 5) is 4.79. The molecule has 110 valence electrons. The highest BCUT2D eigenvalue weighted by Gasteiger charge is 2.12. The van der Waals surface area contributed by atoms with Crippen LogP contribution in [0.25, 0.3) is 11.0 Å². The summed E-state index contributed by atoms with van der Waals surface area (Å²) in [5.41, 5.74) is 4.02. The van der Waals surface area contributed by atoms with Gasteiger partial charge in [-0.3, -0.25) is 0 Å². The highest BCUT2D eigenvalue weighted by molar-refractivity contribution is 5.76. The van der Waals surface area contributed by atoms with Gasteiger partial charge in [-0.1, -0.05) is 38.1 Å². The molecule has 0 spiro atoms. The van der Waals surface area contributed by atoms with Crippen molar-refractivity contribution in [2.45, 2.75) is 26.8 Å². The molecule has 22 heavy (non-hydrogen) atoms. The van der Waals surface area contributed by atoms with Crippen molar-refractivity contribution in [3.8, 4) is 6.07 Å². The SMILES string of the molecule is CC(C)Cc1nc2ccccc2n1Cc1cccc(C#N)c1. The molecule has 0 aliphatic heterocycles. The molecule has 3 heteroatoms. The molecule has 3 rings (SSSR count). The molecule has 0 atom stereocenters. The van der Waals surface area contributed by atoms with Crippen molar-refractivity contribution in [3.05, 3.63) is 65.5 Å². The van der Waals surface area contributed by atoms with Crippen molar-refractivity contribution in [2.24, 2.45) is 5.92 Å². The fourth-order valence-corrected chi connectivity index (χ4v) is 2.74. The molecule has 0 saturated carbocycles. The molecule has 0 unspecified atom stereocenters. The van der Waals surface area contributed by atoms with Gasteiger partial charge in [0.2, 0.25) is 0 Å². The Bertz CT molecular complexity index is 837. The molecule has 0 saturated heterocycles. The summed E-state index contributed by atoms with van der Waals surface area (Å²) in [6, 6.07) is 18.2. The first-order chi connectivity index (χ1) is 10.7. The molecule has 3 aromatic rings. The van der Waals surface area contributed by atoms with E-state index in [-0.39, 0.29) is 0 Å². The average Bonchev–Trinajstić information content (AvgIpc) is 2.84. The highest BCUT2D eigenvalue weighted by Crippen LogP contribution is 2.20. The molecule has 0 N–H and O–H groups in total. The monoisotopic (exact) mass is 289 g/mol. The van der Waals surface area contributed by atoms with Gasteiger partial charge in [0.15, 0.2) is 0 Å². The van der Waals surface area contributed by atoms with Crippen LogP contribution >= 0.6 is 0 Å². The van der Waals surface area contributed by atoms with Gasteiger partial charge in [0.1, 0.15) is 5.82 Å². The van der Waals surface area contributed by atoms with Crippen molar-refractivity contribution in [2.75, 3.05) is 0 Å². The van der Waals surface area contributed by atoms with E-state index in [1.54, 1.807) is 0 Å². The van der Waals surface area contributed by atoms with Gasteiger partial charge in [0.05, 0.1) is 22.7 Å². The van der Waals surface area contributed by atoms with Crippen molar-refractivity contribution < 1.29 is 0 Å². The van der Waals surface area contributed by atoms with Crippen molar-refractivity contribution in [1.29, 1.82) is 5.26 Å². The normalized spacial score (nSPS) is 11.0. The minimum atomic E-state index is 0.556. The van der Waals surface area contributed by atoms with Crippen LogP contribution in [0.3, 0.4) is 0 Å². The van der Waals surface area contributed by atoms with Crippen LogP contribution in [0.1, 0.15) is 30.8 Å². The van der Waals surface area contributed by atoms with Crippen LogP contribution in [0.2, 0.25) is 0 Å². The maximum absolute atomic E-state index is 9.06. The quantitative estimate of drug-likeness (QED) is 0.724. The number of hydrogen-bond acceptors (Lipinski definition) is 2. The third-order valence-electron chi connectivity index (χ3n) is 3.72. The highest BCUT2D eigenvalue weighted by atomic mass is 15.1. The minimum absolute atomic E-state index is 0.556. The van der Waals surface area contributed by atoms with Gasteiger partial charge in [0.25, 0.3) is 0 Å². The molecule has 0 aliphatic carbocycles. The van der Waals surface area contributed by atoms with E-state index in [1.165, 1.54) is 0 Å². The number of rotatable bonds is 4. The third kappa shape index (κ3) is 2.87. The Morgan fingerprint density at radius 3 is 2.73 bits per heavy atom. The summed E-state index contributed by atoms with van der Waals surface area (Å²) < 4.78 is 2.27. The Balaban J connectivity index is 2.06. The standard InChI is InChI=1S/C19H19N3/c1-14(2)10-19-21-17-8-3-4-9-18(17)22(19)13-16-7-5-6-15(11-16)12-20/h3-9,11,14H,10,13H2,1-2H3. The van der Waals surface area contributed by atoms with Crippen LogP contribution in [0, 0.1) is 17.2 Å². The third-order valence-corrected chi connectivity index (χ3v) is 3.72. The van der Waals surface area contributed by atoms with Gasteiger partial charge in [-0.15, -0.1) is 0 Å². The fraction of sp³-hybridized carbons (Fsp3) is 0.263. The molecule has 1 aromatic heterocycles. The number of hydrogen-bond donors (Lipinski definition) is 0. The fourth-order valence-electron chi connectivity index (χ4n) is 2.74. The Labute approximate surface area is 130 Å². The Hall–Kier alpha value is -2.60. The van der Waals surface area contributed by atoms with Crippen LogP contribution in [0.5, 0.6) is 0 Å². The van der Waals surface area contributed by atoms with E-state index in [0.29, 0.717) is 11.5 Å². The number of aromatic nitrogens is 2. The van der Waals surface area contributed by atoms with Crippen molar-refractivity contribution in [3.63, 3.8) is 0 Å². The zero-order chi connectivity index (χ0) is 15.5. The molecule has 0 fully saturated rings. The number of fused-ring (bicyclic) bond motifs is 1. The summed E-state index contributed by atoms with van der Waals surface area (Å²) in [6.45, 7) is 5.16. The van der Waals surface area contributed by atoms with Gasteiger partial charge >= 0.3 is 0 Å². The van der Waals surface area contributed by atoms with E-state index in [0.717, 1.165) is 35.4 Å². The second-order valence-electron chi connectivity index (χ2n) is 6.01. The van der Waals surface area contributed by atoms with Gasteiger partial charge in [-0.25, -0.2) is 4.98 Å². The average molecular weight is 289 g/mol. The van der Waals surface area contributed by atoms with Gasteiger partial charge < -0.3 is 4.57 Å². The van der Waals surface area contributed by atoms with E-state index < -0.39 is 0 Å². The van der Waals surface area contributed by atoms with E-state index >= 15 is 0 Å². The molecule has 0 bridgehead atoms. The van der Waals surface area contributed by atoms with E-state index in [4.69, 9.17) is 10.2 Å². The smallest absolute Gasteiger partial charge is 0.110 e. The van der Waals surface area contributed by atoms with Crippen molar-refractivity contribution >= 4 is 11.0 Å². The first-order valence-electron chi connectivity index (χ1n) is 7.60. The van der Waals surface area contributed by atoms with Gasteiger partial charge in [-0.05, 0) is 35.7 Å².